The van der Waals surface area contributed by atoms with E-state index in [1.807, 2.05) is 0 Å². The number of rotatable bonds is 6. The van der Waals surface area contributed by atoms with Crippen LogP contribution in [-0.2, 0) is 12.8 Å². The molecule has 0 unspecified atom stereocenters. The molecule has 0 bridgehead atoms. The van der Waals surface area contributed by atoms with E-state index in [-0.39, 0.29) is 5.56 Å². The molecule has 1 aliphatic carbocycles. The number of hydrogen-bond acceptors (Lipinski definition) is 0. The molecule has 0 radical (unpaired) electrons. The normalized spacial score (nSPS) is 20.3. The Bertz CT molecular complexity index is 686. The summed E-state index contributed by atoms with van der Waals surface area (Å²) in [4.78, 5) is 0. The van der Waals surface area contributed by atoms with E-state index in [1.54, 1.807) is 0 Å². The maximum Gasteiger partial charge on any atom is 0.129 e. The van der Waals surface area contributed by atoms with E-state index in [9.17, 15) is 8.78 Å². The Morgan fingerprint density at radius 1 is 0.808 bits per heavy atom. The number of halogens is 2. The highest BCUT2D eigenvalue weighted by Crippen LogP contribution is 2.35. The second-order valence-electron chi connectivity index (χ2n) is 8.09. The Kier molecular flexibility index (Phi) is 6.45. The fourth-order valence-corrected chi connectivity index (χ4v) is 4.05. The summed E-state index contributed by atoms with van der Waals surface area (Å²) in [5.74, 6) is 0.757. The van der Waals surface area contributed by atoms with Crippen LogP contribution in [0.25, 0.3) is 0 Å². The van der Waals surface area contributed by atoms with Crippen LogP contribution in [-0.4, -0.2) is 0 Å². The predicted molar refractivity (Wildman–Crippen MR) is 105 cm³/mol. The van der Waals surface area contributed by atoms with Gasteiger partial charge in [0.15, 0.2) is 0 Å². The summed E-state index contributed by atoms with van der Waals surface area (Å²) < 4.78 is 27.2. The van der Waals surface area contributed by atoms with E-state index in [2.05, 4.69) is 31.2 Å². The van der Waals surface area contributed by atoms with Crippen LogP contribution >= 0.6 is 0 Å². The second kappa shape index (κ2) is 8.79. The van der Waals surface area contributed by atoms with Crippen molar-refractivity contribution in [3.63, 3.8) is 0 Å². The Morgan fingerprint density at radius 3 is 1.92 bits per heavy atom. The van der Waals surface area contributed by atoms with Gasteiger partial charge in [0.25, 0.3) is 0 Å². The van der Waals surface area contributed by atoms with Crippen LogP contribution in [0.5, 0.6) is 0 Å². The quantitative estimate of drug-likeness (QED) is 0.483. The molecule has 1 saturated carbocycles. The zero-order valence-corrected chi connectivity index (χ0v) is 16.0. The monoisotopic (exact) mass is 356 g/mol. The lowest BCUT2D eigenvalue weighted by atomic mass is 9.79. The first-order valence-corrected chi connectivity index (χ1v) is 10.1. The van der Waals surface area contributed by atoms with E-state index >= 15 is 0 Å². The first-order valence-electron chi connectivity index (χ1n) is 10.1. The molecule has 0 N–H and O–H groups in total. The first-order chi connectivity index (χ1) is 12.5. The summed E-state index contributed by atoms with van der Waals surface area (Å²) in [5, 5.41) is 0. The van der Waals surface area contributed by atoms with Crippen molar-refractivity contribution in [3.8, 4) is 0 Å². The van der Waals surface area contributed by atoms with Gasteiger partial charge in [0, 0.05) is 5.56 Å². The van der Waals surface area contributed by atoms with Crippen molar-refractivity contribution < 1.29 is 8.78 Å². The van der Waals surface area contributed by atoms with E-state index in [0.29, 0.717) is 0 Å². The minimum Gasteiger partial charge on any atom is -0.207 e. The average Bonchev–Trinajstić information content (AvgIpc) is 2.64. The van der Waals surface area contributed by atoms with Gasteiger partial charge in [-0.1, -0.05) is 44.0 Å². The van der Waals surface area contributed by atoms with Crippen LogP contribution in [0.4, 0.5) is 8.78 Å². The average molecular weight is 357 g/mol. The topological polar surface area (TPSA) is 0 Å². The van der Waals surface area contributed by atoms with Crippen LogP contribution in [0.3, 0.4) is 0 Å². The fourth-order valence-electron chi connectivity index (χ4n) is 4.05. The van der Waals surface area contributed by atoms with Gasteiger partial charge in [-0.05, 0) is 86.1 Å². The smallest absolute Gasteiger partial charge is 0.129 e. The summed E-state index contributed by atoms with van der Waals surface area (Å²) in [7, 11) is 0. The Labute approximate surface area is 156 Å². The Hall–Kier alpha value is -1.70. The molecule has 0 aliphatic heterocycles. The van der Waals surface area contributed by atoms with Crippen LogP contribution in [0.1, 0.15) is 73.6 Å². The van der Waals surface area contributed by atoms with Gasteiger partial charge in [0.1, 0.15) is 11.6 Å². The van der Waals surface area contributed by atoms with Crippen LogP contribution in [0.15, 0.2) is 36.4 Å². The molecule has 2 aromatic carbocycles. The van der Waals surface area contributed by atoms with Crippen molar-refractivity contribution in [1.82, 2.24) is 0 Å². The molecule has 26 heavy (non-hydrogen) atoms. The maximum atomic E-state index is 13.6. The lowest BCUT2D eigenvalue weighted by Gasteiger charge is -2.26. The molecular weight excluding hydrogens is 326 g/mol. The van der Waals surface area contributed by atoms with Gasteiger partial charge >= 0.3 is 0 Å². The van der Waals surface area contributed by atoms with E-state index < -0.39 is 11.6 Å². The van der Waals surface area contributed by atoms with Crippen LogP contribution in [0.2, 0.25) is 0 Å². The summed E-state index contributed by atoms with van der Waals surface area (Å²) in [5.41, 5.74) is 3.72. The molecule has 0 heterocycles. The zero-order chi connectivity index (χ0) is 18.5. The molecule has 2 aromatic rings. The summed E-state index contributed by atoms with van der Waals surface area (Å²) in [6.07, 6.45) is 9.10. The van der Waals surface area contributed by atoms with Gasteiger partial charge in [-0.25, -0.2) is 8.78 Å². The minimum absolute atomic E-state index is 0.112. The van der Waals surface area contributed by atoms with Crippen LogP contribution in [0, 0.1) is 24.5 Å². The van der Waals surface area contributed by atoms with Gasteiger partial charge in [-0.3, -0.25) is 0 Å². The van der Waals surface area contributed by atoms with Crippen molar-refractivity contribution in [2.75, 3.05) is 0 Å². The third-order valence-corrected chi connectivity index (χ3v) is 5.99. The highest BCUT2D eigenvalue weighted by atomic mass is 19.1. The molecule has 1 aliphatic rings. The Balaban J connectivity index is 1.45. The summed E-state index contributed by atoms with van der Waals surface area (Å²) >= 11 is 0. The number of aryl methyl sites for hydroxylation is 2. The van der Waals surface area contributed by atoms with Gasteiger partial charge in [0.2, 0.25) is 0 Å². The summed E-state index contributed by atoms with van der Waals surface area (Å²) in [6.45, 7) is 3.84. The number of hydrogen-bond donors (Lipinski definition) is 0. The van der Waals surface area contributed by atoms with Crippen molar-refractivity contribution in [3.05, 3.63) is 70.3 Å². The highest BCUT2D eigenvalue weighted by Gasteiger charge is 2.19. The minimum atomic E-state index is -0.437. The SMILES string of the molecule is Cc1c(F)cc(CCCCc2ccc(C3CCC(C)CC3)cc2)cc1F. The van der Waals surface area contributed by atoms with Gasteiger partial charge < -0.3 is 0 Å². The largest absolute Gasteiger partial charge is 0.207 e. The molecule has 0 saturated heterocycles. The molecule has 2 heteroatoms. The van der Waals surface area contributed by atoms with E-state index in [1.165, 1.54) is 55.9 Å². The molecule has 1 fully saturated rings. The third kappa shape index (κ3) is 4.93. The number of unbranched alkanes of at least 4 members (excludes halogenated alkanes) is 1. The molecule has 0 atom stereocenters. The number of benzene rings is 2. The fraction of sp³-hybridized carbons (Fsp3) is 0.500. The van der Waals surface area contributed by atoms with E-state index in [0.717, 1.165) is 43.1 Å². The van der Waals surface area contributed by atoms with Crippen LogP contribution < -0.4 is 0 Å². The zero-order valence-electron chi connectivity index (χ0n) is 16.0. The highest BCUT2D eigenvalue weighted by molar-refractivity contribution is 5.27. The standard InChI is InChI=1S/C24H30F2/c1-17-7-11-21(12-8-17)22-13-9-19(10-14-22)5-3-4-6-20-15-23(25)18(2)24(26)16-20/h9-10,13-17,21H,3-8,11-12H2,1-2H3. The van der Waals surface area contributed by atoms with Gasteiger partial charge in [-0.2, -0.15) is 0 Å². The van der Waals surface area contributed by atoms with E-state index in [4.69, 9.17) is 0 Å². The lowest BCUT2D eigenvalue weighted by Crippen LogP contribution is -2.10. The molecule has 3 rings (SSSR count). The van der Waals surface area contributed by atoms with Crippen molar-refractivity contribution in [1.29, 1.82) is 0 Å². The molecule has 0 aromatic heterocycles. The molecular formula is C24H30F2. The van der Waals surface area contributed by atoms with Gasteiger partial charge in [-0.15, -0.1) is 0 Å². The third-order valence-electron chi connectivity index (χ3n) is 5.99. The van der Waals surface area contributed by atoms with Crippen molar-refractivity contribution in [2.24, 2.45) is 5.92 Å². The predicted octanol–water partition coefficient (Wildman–Crippen LogP) is 7.13. The van der Waals surface area contributed by atoms with Crippen molar-refractivity contribution >= 4 is 0 Å². The molecule has 0 nitrogen and oxygen atoms in total. The lowest BCUT2D eigenvalue weighted by molar-refractivity contribution is 0.348. The van der Waals surface area contributed by atoms with Crippen molar-refractivity contribution in [2.45, 2.75) is 71.1 Å². The maximum absolute atomic E-state index is 13.6. The second-order valence-corrected chi connectivity index (χ2v) is 8.09. The first kappa shape index (κ1) is 19.1. The Morgan fingerprint density at radius 2 is 1.35 bits per heavy atom. The molecule has 140 valence electrons. The van der Waals surface area contributed by atoms with Gasteiger partial charge in [0.05, 0.1) is 0 Å². The molecule has 0 spiro atoms. The summed E-state index contributed by atoms with van der Waals surface area (Å²) in [6, 6.07) is 12.1. The molecule has 0 amide bonds.